The van der Waals surface area contributed by atoms with Gasteiger partial charge in [-0.1, -0.05) is 31.5 Å². The van der Waals surface area contributed by atoms with E-state index < -0.39 is 51.2 Å². The minimum absolute atomic E-state index is 0.0491. The maximum Gasteiger partial charge on any atom is 0.410 e. The van der Waals surface area contributed by atoms with E-state index in [2.05, 4.69) is 20.4 Å². The van der Waals surface area contributed by atoms with E-state index in [1.807, 2.05) is 39.3 Å². The van der Waals surface area contributed by atoms with Gasteiger partial charge in [0.2, 0.25) is 5.88 Å². The van der Waals surface area contributed by atoms with E-state index in [0.29, 0.717) is 13.1 Å². The number of carbonyl (C=O) groups excluding carboxylic acids is 2. The molecule has 13 nitrogen and oxygen atoms in total. The van der Waals surface area contributed by atoms with Gasteiger partial charge < -0.3 is 19.7 Å². The van der Waals surface area contributed by atoms with Crippen molar-refractivity contribution in [2.75, 3.05) is 25.1 Å². The number of aromatic nitrogens is 4. The molecule has 18 heteroatoms. The number of hydrogen-bond acceptors (Lipinski definition) is 10. The first-order valence-corrected chi connectivity index (χ1v) is 18.5. The van der Waals surface area contributed by atoms with Crippen molar-refractivity contribution in [2.24, 2.45) is 11.3 Å². The van der Waals surface area contributed by atoms with E-state index in [1.165, 1.54) is 50.4 Å². The highest BCUT2D eigenvalue weighted by Crippen LogP contribution is 2.36. The van der Waals surface area contributed by atoms with Crippen LogP contribution < -0.4 is 14.8 Å². The van der Waals surface area contributed by atoms with Gasteiger partial charge in [0.15, 0.2) is 17.0 Å². The normalized spacial score (nSPS) is 17.4. The Morgan fingerprint density at radius 3 is 2.46 bits per heavy atom. The molecule has 0 saturated carbocycles. The molecule has 0 aromatic carbocycles. The van der Waals surface area contributed by atoms with Crippen molar-refractivity contribution in [1.29, 1.82) is 0 Å². The third kappa shape index (κ3) is 10.3. The minimum Gasteiger partial charge on any atom is -0.444 e. The van der Waals surface area contributed by atoms with Crippen LogP contribution in [0.5, 0.6) is 5.88 Å². The summed E-state index contributed by atoms with van der Waals surface area (Å²) in [4.78, 5) is 35.7. The second kappa shape index (κ2) is 15.9. The number of sulfonamides is 1. The van der Waals surface area contributed by atoms with Crippen LogP contribution in [0.1, 0.15) is 78.1 Å². The van der Waals surface area contributed by atoms with E-state index >= 15 is 0 Å². The van der Waals surface area contributed by atoms with Gasteiger partial charge in [0, 0.05) is 36.3 Å². The first-order valence-electron chi connectivity index (χ1n) is 16.6. The van der Waals surface area contributed by atoms with Crippen LogP contribution in [0.25, 0.3) is 5.82 Å². The zero-order valence-corrected chi connectivity index (χ0v) is 31.7. The summed E-state index contributed by atoms with van der Waals surface area (Å²) < 4.78 is 81.3. The van der Waals surface area contributed by atoms with Crippen LogP contribution in [0, 0.1) is 11.3 Å². The molecule has 0 spiro atoms. The number of halogens is 4. The molecule has 1 fully saturated rings. The Morgan fingerprint density at radius 1 is 1.10 bits per heavy atom. The molecule has 286 valence electrons. The highest BCUT2D eigenvalue weighted by molar-refractivity contribution is 7.90. The highest BCUT2D eigenvalue weighted by atomic mass is 35.5. The molecule has 0 bridgehead atoms. The van der Waals surface area contributed by atoms with E-state index in [4.69, 9.17) is 21.1 Å². The first-order chi connectivity index (χ1) is 24.1. The molecule has 1 aliphatic rings. The second-order valence-corrected chi connectivity index (χ2v) is 16.9. The molecular formula is C34H45ClF3N7O6S. The number of nitrogens with one attached hydrogen (secondary N) is 2. The summed E-state index contributed by atoms with van der Waals surface area (Å²) in [6.45, 7) is 12.0. The molecule has 0 radical (unpaired) electrons. The van der Waals surface area contributed by atoms with Gasteiger partial charge >= 0.3 is 6.09 Å². The Kier molecular flexibility index (Phi) is 12.4. The zero-order valence-electron chi connectivity index (χ0n) is 30.1. The van der Waals surface area contributed by atoms with E-state index in [-0.39, 0.29) is 45.8 Å². The van der Waals surface area contributed by atoms with Crippen molar-refractivity contribution < 1.29 is 40.7 Å². The van der Waals surface area contributed by atoms with Crippen LogP contribution in [0.4, 0.5) is 23.8 Å². The van der Waals surface area contributed by atoms with Crippen molar-refractivity contribution in [3.8, 4) is 11.7 Å². The number of alkyl halides is 3. The van der Waals surface area contributed by atoms with Crippen LogP contribution >= 0.6 is 11.6 Å². The fourth-order valence-electron chi connectivity index (χ4n) is 5.54. The largest absolute Gasteiger partial charge is 0.444 e. The predicted octanol–water partition coefficient (Wildman–Crippen LogP) is 6.67. The minimum atomic E-state index is -4.43. The molecule has 1 aliphatic heterocycles. The van der Waals surface area contributed by atoms with Crippen molar-refractivity contribution in [3.63, 3.8) is 0 Å². The van der Waals surface area contributed by atoms with Gasteiger partial charge in [-0.3, -0.25) is 9.18 Å². The van der Waals surface area contributed by atoms with Crippen LogP contribution in [0.3, 0.4) is 0 Å². The lowest BCUT2D eigenvalue weighted by Crippen LogP contribution is -2.45. The lowest BCUT2D eigenvalue weighted by molar-refractivity contribution is -0.0645. The summed E-state index contributed by atoms with van der Waals surface area (Å²) in [6, 6.07) is 8.05. The van der Waals surface area contributed by atoms with Crippen LogP contribution in [-0.4, -0.2) is 88.5 Å². The molecule has 4 rings (SSSR count). The zero-order chi connectivity index (χ0) is 38.6. The average Bonchev–Trinajstić information content (AvgIpc) is 3.64. The van der Waals surface area contributed by atoms with Gasteiger partial charge in [-0.25, -0.2) is 28.6 Å². The van der Waals surface area contributed by atoms with Crippen LogP contribution in [-0.2, 0) is 14.8 Å². The summed E-state index contributed by atoms with van der Waals surface area (Å²) in [7, 11) is -4.43. The Labute approximate surface area is 306 Å². The first kappa shape index (κ1) is 40.6. The number of likely N-dealkylation sites (tertiary alicyclic amines) is 1. The van der Waals surface area contributed by atoms with Gasteiger partial charge in [0.1, 0.15) is 16.6 Å². The summed E-state index contributed by atoms with van der Waals surface area (Å²) >= 11 is 6.22. The van der Waals surface area contributed by atoms with Crippen molar-refractivity contribution in [2.45, 2.75) is 96.4 Å². The predicted molar refractivity (Wildman–Crippen MR) is 188 cm³/mol. The van der Waals surface area contributed by atoms with Crippen LogP contribution in [0.2, 0.25) is 5.15 Å². The third-order valence-electron chi connectivity index (χ3n) is 8.33. The number of hydrogen-bond donors (Lipinski definition) is 2. The quantitative estimate of drug-likeness (QED) is 0.134. The molecule has 52 heavy (non-hydrogen) atoms. The molecule has 3 aromatic rings. The van der Waals surface area contributed by atoms with E-state index in [0.717, 1.165) is 23.9 Å². The van der Waals surface area contributed by atoms with Crippen LogP contribution in [0.15, 0.2) is 47.6 Å². The topological polar surface area (TPSA) is 158 Å². The summed E-state index contributed by atoms with van der Waals surface area (Å²) in [5.41, 5.74) is -2.80. The molecular weight excluding hydrogens is 727 g/mol. The van der Waals surface area contributed by atoms with Crippen molar-refractivity contribution in [3.05, 3.63) is 53.3 Å². The van der Waals surface area contributed by atoms with Gasteiger partial charge in [0.25, 0.3) is 22.3 Å². The van der Waals surface area contributed by atoms with E-state index in [9.17, 15) is 31.2 Å². The molecule has 2 N–H and O–H groups in total. The maximum absolute atomic E-state index is 14.3. The van der Waals surface area contributed by atoms with E-state index in [1.54, 1.807) is 11.0 Å². The van der Waals surface area contributed by atoms with Gasteiger partial charge in [-0.15, -0.1) is 5.10 Å². The summed E-state index contributed by atoms with van der Waals surface area (Å²) in [6.07, 6.45) is -1.39. The second-order valence-electron chi connectivity index (χ2n) is 14.9. The highest BCUT2D eigenvalue weighted by Gasteiger charge is 2.42. The Morgan fingerprint density at radius 2 is 1.81 bits per heavy atom. The Balaban J connectivity index is 1.31. The molecule has 0 aliphatic carbocycles. The average molecular weight is 772 g/mol. The molecule has 3 atom stereocenters. The van der Waals surface area contributed by atoms with Gasteiger partial charge in [-0.2, -0.15) is 12.8 Å². The molecule has 4 heterocycles. The fraction of sp³-hybridized carbons (Fsp3) is 0.559. The Hall–Kier alpha value is -4.12. The third-order valence-corrected chi connectivity index (χ3v) is 9.85. The standard InChI is InChI=1S/C34H45ClF3N7O6S/c1-32(2,3)51-31(47)44-19-21(18-34(44,6)7)10-9-16-39-23-11-8-12-26(40-23)52(48,49)43-30(46)22-13-14-24(41-28(22)35)45-17-15-25(42-45)50-29(38)27(37)33(4,5)20-36/h8,11-15,17,21,27,29H,9-10,16,18-20H2,1-7H3,(H,39,40)(H,43,46)/t21-,27?,29?/m0/s1. The van der Waals surface area contributed by atoms with Gasteiger partial charge in [-0.05, 0) is 84.1 Å². The SMILES string of the molecule is CC(C)(C)OC(=O)N1C[C@@H](CCCNc2cccc(S(=O)(=O)NC(=O)c3ccc(-n4ccc(OC(F)C(F)C(C)(C)CF)n4)nc3Cl)n2)CC1(C)C. The number of nitrogens with zero attached hydrogens (tertiary/aromatic N) is 5. The lowest BCUT2D eigenvalue weighted by Gasteiger charge is -2.33. The smallest absolute Gasteiger partial charge is 0.410 e. The van der Waals surface area contributed by atoms with Crippen molar-refractivity contribution >= 4 is 39.4 Å². The molecule has 2 amide bonds. The fourth-order valence-corrected chi connectivity index (χ4v) is 6.71. The molecule has 3 aromatic heterocycles. The molecule has 1 saturated heterocycles. The molecule has 2 unspecified atom stereocenters. The number of rotatable bonds is 14. The monoisotopic (exact) mass is 771 g/mol. The number of anilines is 1. The summed E-state index contributed by atoms with van der Waals surface area (Å²) in [5.74, 6) is -0.779. The summed E-state index contributed by atoms with van der Waals surface area (Å²) in [5, 5.41) is 6.29. The number of pyridine rings is 2. The number of ether oxygens (including phenoxy) is 2. The lowest BCUT2D eigenvalue weighted by atomic mass is 9.89. The van der Waals surface area contributed by atoms with Gasteiger partial charge in [0.05, 0.1) is 12.2 Å². The number of carbonyl (C=O) groups is 2. The maximum atomic E-state index is 14.3. The Bertz CT molecular complexity index is 1850. The number of amides is 2. The van der Waals surface area contributed by atoms with Crippen molar-refractivity contribution in [1.82, 2.24) is 29.4 Å².